The molecule has 0 aliphatic heterocycles. The number of hydrogen-bond acceptors (Lipinski definition) is 5. The van der Waals surface area contributed by atoms with E-state index in [-0.39, 0.29) is 17.5 Å². The minimum absolute atomic E-state index is 0.107. The molecule has 2 N–H and O–H groups in total. The molecule has 8 heteroatoms. The van der Waals surface area contributed by atoms with E-state index in [1.807, 2.05) is 13.8 Å². The standard InChI is InChI=1S/C17H19N3O4S/c1-10(2)15(19-16(21)14-5-4-8-25-14)17(22)18-13-9-12(20(23)24)7-6-11(13)3/h4-10,15H,1-3H3,(H,18,22)(H,19,21). The maximum absolute atomic E-state index is 12.6. The van der Waals surface area contributed by atoms with Gasteiger partial charge in [-0.05, 0) is 29.9 Å². The number of thiophene rings is 1. The van der Waals surface area contributed by atoms with Gasteiger partial charge >= 0.3 is 0 Å². The second-order valence-electron chi connectivity index (χ2n) is 5.92. The van der Waals surface area contributed by atoms with E-state index < -0.39 is 16.9 Å². The van der Waals surface area contributed by atoms with Crippen LogP contribution in [0.25, 0.3) is 0 Å². The predicted molar refractivity (Wildman–Crippen MR) is 96.9 cm³/mol. The van der Waals surface area contributed by atoms with Gasteiger partial charge in [0.05, 0.1) is 15.5 Å². The number of nitrogens with one attached hydrogen (secondary N) is 2. The van der Waals surface area contributed by atoms with E-state index in [0.29, 0.717) is 16.1 Å². The maximum atomic E-state index is 12.6. The van der Waals surface area contributed by atoms with Crippen molar-refractivity contribution in [3.8, 4) is 0 Å². The first-order chi connectivity index (χ1) is 11.8. The lowest BCUT2D eigenvalue weighted by atomic mass is 10.0. The highest BCUT2D eigenvalue weighted by atomic mass is 32.1. The van der Waals surface area contributed by atoms with Crippen LogP contribution in [0.3, 0.4) is 0 Å². The number of benzene rings is 1. The minimum atomic E-state index is -0.756. The maximum Gasteiger partial charge on any atom is 0.271 e. The molecular formula is C17H19N3O4S. The summed E-state index contributed by atoms with van der Waals surface area (Å²) in [6.07, 6.45) is 0. The topological polar surface area (TPSA) is 101 Å². The third-order valence-corrected chi connectivity index (χ3v) is 4.54. The van der Waals surface area contributed by atoms with Gasteiger partial charge in [0.25, 0.3) is 11.6 Å². The Balaban J connectivity index is 2.17. The average Bonchev–Trinajstić information content (AvgIpc) is 3.08. The van der Waals surface area contributed by atoms with Gasteiger partial charge in [0.1, 0.15) is 6.04 Å². The van der Waals surface area contributed by atoms with Crippen molar-refractivity contribution in [3.05, 3.63) is 56.3 Å². The molecule has 0 bridgehead atoms. The van der Waals surface area contributed by atoms with Crippen LogP contribution in [0.2, 0.25) is 0 Å². The van der Waals surface area contributed by atoms with Gasteiger partial charge in [0.2, 0.25) is 5.91 Å². The van der Waals surface area contributed by atoms with Gasteiger partial charge in [0.15, 0.2) is 0 Å². The van der Waals surface area contributed by atoms with E-state index in [2.05, 4.69) is 10.6 Å². The van der Waals surface area contributed by atoms with Crippen LogP contribution in [-0.2, 0) is 4.79 Å². The van der Waals surface area contributed by atoms with Gasteiger partial charge in [0, 0.05) is 12.1 Å². The van der Waals surface area contributed by atoms with E-state index in [1.54, 1.807) is 30.5 Å². The Morgan fingerprint density at radius 3 is 2.52 bits per heavy atom. The fourth-order valence-electron chi connectivity index (χ4n) is 2.22. The van der Waals surface area contributed by atoms with Crippen LogP contribution >= 0.6 is 11.3 Å². The number of nitro benzene ring substituents is 1. The third-order valence-electron chi connectivity index (χ3n) is 3.67. The highest BCUT2D eigenvalue weighted by molar-refractivity contribution is 7.12. The molecule has 1 unspecified atom stereocenters. The molecule has 0 spiro atoms. The summed E-state index contributed by atoms with van der Waals surface area (Å²) in [6.45, 7) is 5.38. The largest absolute Gasteiger partial charge is 0.339 e. The van der Waals surface area contributed by atoms with E-state index in [9.17, 15) is 19.7 Å². The van der Waals surface area contributed by atoms with Gasteiger partial charge in [-0.15, -0.1) is 11.3 Å². The van der Waals surface area contributed by atoms with Gasteiger partial charge < -0.3 is 10.6 Å². The van der Waals surface area contributed by atoms with Crippen molar-refractivity contribution in [1.29, 1.82) is 0 Å². The Labute approximate surface area is 149 Å². The van der Waals surface area contributed by atoms with Crippen molar-refractivity contribution in [1.82, 2.24) is 5.32 Å². The zero-order chi connectivity index (χ0) is 18.6. The molecule has 0 aliphatic rings. The Morgan fingerprint density at radius 2 is 1.96 bits per heavy atom. The number of amides is 2. The van der Waals surface area contributed by atoms with E-state index >= 15 is 0 Å². The summed E-state index contributed by atoms with van der Waals surface area (Å²) in [5, 5.41) is 18.1. The molecule has 0 aliphatic carbocycles. The number of anilines is 1. The lowest BCUT2D eigenvalue weighted by Gasteiger charge is -2.22. The lowest BCUT2D eigenvalue weighted by Crippen LogP contribution is -2.47. The third kappa shape index (κ3) is 4.63. The molecule has 0 saturated carbocycles. The summed E-state index contributed by atoms with van der Waals surface area (Å²) in [7, 11) is 0. The van der Waals surface area contributed by atoms with E-state index in [4.69, 9.17) is 0 Å². The molecule has 1 heterocycles. The molecule has 0 saturated heterocycles. The Kier molecular flexibility index (Phi) is 5.87. The van der Waals surface area contributed by atoms with Crippen LogP contribution in [0.5, 0.6) is 0 Å². The van der Waals surface area contributed by atoms with Crippen LogP contribution in [0, 0.1) is 23.0 Å². The fraction of sp³-hybridized carbons (Fsp3) is 0.294. The molecule has 7 nitrogen and oxygen atoms in total. The summed E-state index contributed by atoms with van der Waals surface area (Å²) in [6, 6.07) is 6.95. The molecule has 1 aromatic heterocycles. The summed E-state index contributed by atoms with van der Waals surface area (Å²) >= 11 is 1.29. The van der Waals surface area contributed by atoms with Crippen molar-refractivity contribution in [2.24, 2.45) is 5.92 Å². The summed E-state index contributed by atoms with van der Waals surface area (Å²) in [4.78, 5) is 35.7. The summed E-state index contributed by atoms with van der Waals surface area (Å²) < 4.78 is 0. The smallest absolute Gasteiger partial charge is 0.271 e. The SMILES string of the molecule is Cc1ccc([N+](=O)[O-])cc1NC(=O)C(NC(=O)c1cccs1)C(C)C. The summed E-state index contributed by atoms with van der Waals surface area (Å²) in [5.74, 6) is -0.883. The zero-order valence-corrected chi connectivity index (χ0v) is 14.9. The molecule has 2 amide bonds. The summed E-state index contributed by atoms with van der Waals surface area (Å²) in [5.41, 5.74) is 0.950. The van der Waals surface area contributed by atoms with Crippen LogP contribution in [0.1, 0.15) is 29.1 Å². The molecule has 2 rings (SSSR count). The molecule has 25 heavy (non-hydrogen) atoms. The van der Waals surface area contributed by atoms with Gasteiger partial charge in [-0.1, -0.05) is 26.0 Å². The number of nitrogens with zero attached hydrogens (tertiary/aromatic N) is 1. The van der Waals surface area contributed by atoms with Crippen LogP contribution in [0.15, 0.2) is 35.7 Å². The van der Waals surface area contributed by atoms with Gasteiger partial charge in [-0.2, -0.15) is 0 Å². The number of nitro groups is 1. The zero-order valence-electron chi connectivity index (χ0n) is 14.1. The Hall–Kier alpha value is -2.74. The molecule has 132 valence electrons. The minimum Gasteiger partial charge on any atom is -0.339 e. The predicted octanol–water partition coefficient (Wildman–Crippen LogP) is 3.36. The van der Waals surface area contributed by atoms with Gasteiger partial charge in [-0.3, -0.25) is 19.7 Å². The molecule has 0 radical (unpaired) electrons. The highest BCUT2D eigenvalue weighted by Crippen LogP contribution is 2.22. The monoisotopic (exact) mass is 361 g/mol. The Morgan fingerprint density at radius 1 is 1.24 bits per heavy atom. The molecule has 1 aromatic carbocycles. The van der Waals surface area contributed by atoms with Crippen molar-refractivity contribution >= 4 is 34.5 Å². The number of carbonyl (C=O) groups excluding carboxylic acids is 2. The van der Waals surface area contributed by atoms with E-state index in [1.165, 1.54) is 23.5 Å². The van der Waals surface area contributed by atoms with Crippen molar-refractivity contribution in [3.63, 3.8) is 0 Å². The van der Waals surface area contributed by atoms with Crippen LogP contribution < -0.4 is 10.6 Å². The number of hydrogen-bond donors (Lipinski definition) is 2. The molecule has 0 fully saturated rings. The van der Waals surface area contributed by atoms with Crippen molar-refractivity contribution in [2.75, 3.05) is 5.32 Å². The first kappa shape index (κ1) is 18.6. The highest BCUT2D eigenvalue weighted by Gasteiger charge is 2.26. The molecule has 2 aromatic rings. The van der Waals surface area contributed by atoms with Gasteiger partial charge in [-0.25, -0.2) is 0 Å². The number of carbonyl (C=O) groups is 2. The van der Waals surface area contributed by atoms with Crippen LogP contribution in [0.4, 0.5) is 11.4 Å². The molecular weight excluding hydrogens is 342 g/mol. The lowest BCUT2D eigenvalue weighted by molar-refractivity contribution is -0.384. The first-order valence-electron chi connectivity index (χ1n) is 7.70. The molecule has 1 atom stereocenters. The number of aryl methyl sites for hydroxylation is 1. The number of non-ortho nitro benzene ring substituents is 1. The van der Waals surface area contributed by atoms with Crippen molar-refractivity contribution < 1.29 is 14.5 Å². The normalized spacial score (nSPS) is 11.8. The quantitative estimate of drug-likeness (QED) is 0.608. The first-order valence-corrected chi connectivity index (χ1v) is 8.58. The second-order valence-corrected chi connectivity index (χ2v) is 6.87. The second kappa shape index (κ2) is 7.89. The number of rotatable bonds is 6. The van der Waals surface area contributed by atoms with E-state index in [0.717, 1.165) is 0 Å². The van der Waals surface area contributed by atoms with Crippen LogP contribution in [-0.4, -0.2) is 22.8 Å². The van der Waals surface area contributed by atoms with Crippen molar-refractivity contribution in [2.45, 2.75) is 26.8 Å². The fourth-order valence-corrected chi connectivity index (χ4v) is 2.85. The Bertz CT molecular complexity index is 787. The average molecular weight is 361 g/mol.